The Labute approximate surface area is 159 Å². The Morgan fingerprint density at radius 1 is 1.30 bits per heavy atom. The fourth-order valence-corrected chi connectivity index (χ4v) is 3.66. The molecule has 0 amide bonds. The summed E-state index contributed by atoms with van der Waals surface area (Å²) in [5.41, 5.74) is 1.19. The van der Waals surface area contributed by atoms with Crippen LogP contribution in [-0.4, -0.2) is 32.5 Å². The van der Waals surface area contributed by atoms with Crippen molar-refractivity contribution in [2.45, 2.75) is 38.5 Å². The molecule has 1 aromatic rings. The van der Waals surface area contributed by atoms with Gasteiger partial charge >= 0.3 is 5.97 Å². The van der Waals surface area contributed by atoms with Crippen molar-refractivity contribution < 1.29 is 23.1 Å². The van der Waals surface area contributed by atoms with Gasteiger partial charge in [0, 0.05) is 6.20 Å². The van der Waals surface area contributed by atoms with Crippen LogP contribution in [0.5, 0.6) is 0 Å². The number of rotatable bonds is 4. The van der Waals surface area contributed by atoms with E-state index in [2.05, 4.69) is 30.5 Å². The van der Waals surface area contributed by atoms with Gasteiger partial charge in [0.25, 0.3) is 10.0 Å². The van der Waals surface area contributed by atoms with Crippen molar-refractivity contribution >= 4 is 21.9 Å². The Morgan fingerprint density at radius 3 is 2.59 bits per heavy atom. The second-order valence-corrected chi connectivity index (χ2v) is 8.82. The quantitative estimate of drug-likeness (QED) is 0.818. The molecule has 2 N–H and O–H groups in total. The minimum absolute atomic E-state index is 0.0511. The molecule has 8 heteroatoms. The Bertz CT molecular complexity index is 922. The molecule has 1 heterocycles. The maximum atomic E-state index is 12.7. The molecular weight excluding hydrogens is 368 g/mol. The molecule has 0 bridgehead atoms. The summed E-state index contributed by atoms with van der Waals surface area (Å²) in [6.45, 7) is 6.27. The molecule has 2 rings (SSSR count). The third-order valence-corrected chi connectivity index (χ3v) is 5.49. The average molecular weight is 392 g/mol. The van der Waals surface area contributed by atoms with E-state index in [0.29, 0.717) is 6.42 Å². The van der Waals surface area contributed by atoms with Crippen LogP contribution in [0.15, 0.2) is 57.7 Å². The summed E-state index contributed by atoms with van der Waals surface area (Å²) < 4.78 is 33.1. The highest BCUT2D eigenvalue weighted by Gasteiger charge is 2.22. The van der Waals surface area contributed by atoms with Crippen LogP contribution in [0.25, 0.3) is 0 Å². The van der Waals surface area contributed by atoms with Crippen molar-refractivity contribution in [2.75, 3.05) is 7.11 Å². The molecule has 7 nitrogen and oxygen atoms in total. The zero-order valence-corrected chi connectivity index (χ0v) is 16.6. The summed E-state index contributed by atoms with van der Waals surface area (Å²) in [5.74, 6) is -1.05. The van der Waals surface area contributed by atoms with E-state index in [-0.39, 0.29) is 27.5 Å². The topological polar surface area (TPSA) is 105 Å². The first kappa shape index (κ1) is 20.7. The summed E-state index contributed by atoms with van der Waals surface area (Å²) in [6, 6.07) is 5.15. The van der Waals surface area contributed by atoms with Crippen molar-refractivity contribution in [2.24, 2.45) is 10.4 Å². The predicted molar refractivity (Wildman–Crippen MR) is 103 cm³/mol. The Balaban J connectivity index is 2.36. The molecule has 0 saturated carbocycles. The molecule has 0 aromatic heterocycles. The summed E-state index contributed by atoms with van der Waals surface area (Å²) >= 11 is 0. The SMILES string of the molecule is COC1=N/C=C(/C(C)(C)C)CC/C=C\1NS(=O)(=O)c1cccc(C(=O)O)c1. The largest absolute Gasteiger partial charge is 0.480 e. The molecule has 1 aromatic carbocycles. The number of allylic oxidation sites excluding steroid dienone is 2. The second kappa shape index (κ2) is 7.96. The lowest BCUT2D eigenvalue weighted by atomic mass is 9.84. The monoisotopic (exact) mass is 392 g/mol. The van der Waals surface area contributed by atoms with Gasteiger partial charge in [-0.25, -0.2) is 18.2 Å². The fraction of sp³-hybridized carbons (Fsp3) is 0.368. The number of aliphatic imine (C=N–C) groups is 1. The van der Waals surface area contributed by atoms with Crippen LogP contribution >= 0.6 is 0 Å². The van der Waals surface area contributed by atoms with E-state index < -0.39 is 16.0 Å². The van der Waals surface area contributed by atoms with Gasteiger partial charge in [0.15, 0.2) is 0 Å². The predicted octanol–water partition coefficient (Wildman–Crippen LogP) is 3.32. The van der Waals surface area contributed by atoms with E-state index >= 15 is 0 Å². The Kier molecular flexibility index (Phi) is 6.10. The van der Waals surface area contributed by atoms with Gasteiger partial charge in [0.1, 0.15) is 5.70 Å². The van der Waals surface area contributed by atoms with Crippen LogP contribution in [-0.2, 0) is 14.8 Å². The summed E-state index contributed by atoms with van der Waals surface area (Å²) in [4.78, 5) is 15.2. The third-order valence-electron chi connectivity index (χ3n) is 4.12. The normalized spacial score (nSPS) is 21.4. The number of carboxylic acids is 1. The molecule has 0 fully saturated rings. The van der Waals surface area contributed by atoms with Gasteiger partial charge in [-0.2, -0.15) is 0 Å². The first-order chi connectivity index (χ1) is 12.5. The second-order valence-electron chi connectivity index (χ2n) is 7.14. The lowest BCUT2D eigenvalue weighted by Crippen LogP contribution is -2.29. The van der Waals surface area contributed by atoms with Crippen LogP contribution in [0, 0.1) is 5.41 Å². The van der Waals surface area contributed by atoms with E-state index in [1.54, 1.807) is 12.3 Å². The third kappa shape index (κ3) is 5.19. The van der Waals surface area contributed by atoms with Crippen LogP contribution in [0.4, 0.5) is 0 Å². The smallest absolute Gasteiger partial charge is 0.335 e. The minimum Gasteiger partial charge on any atom is -0.480 e. The summed E-state index contributed by atoms with van der Waals surface area (Å²) in [5, 5.41) is 9.06. The van der Waals surface area contributed by atoms with Crippen molar-refractivity contribution in [3.8, 4) is 0 Å². The number of carbonyl (C=O) groups is 1. The van der Waals surface area contributed by atoms with Crippen molar-refractivity contribution in [1.82, 2.24) is 4.72 Å². The molecule has 0 spiro atoms. The molecule has 0 aliphatic carbocycles. The van der Waals surface area contributed by atoms with Gasteiger partial charge in [-0.05, 0) is 42.0 Å². The van der Waals surface area contributed by atoms with Gasteiger partial charge < -0.3 is 9.84 Å². The number of carboxylic acid groups (broad SMARTS) is 1. The van der Waals surface area contributed by atoms with Gasteiger partial charge in [0.2, 0.25) is 5.90 Å². The van der Waals surface area contributed by atoms with E-state index in [9.17, 15) is 13.2 Å². The maximum Gasteiger partial charge on any atom is 0.335 e. The average Bonchev–Trinajstić information content (AvgIpc) is 2.56. The molecule has 146 valence electrons. The Morgan fingerprint density at radius 2 is 2.00 bits per heavy atom. The number of ether oxygens (including phenoxy) is 1. The molecule has 0 atom stereocenters. The van der Waals surface area contributed by atoms with Crippen LogP contribution < -0.4 is 4.72 Å². The van der Waals surface area contributed by atoms with Crippen LogP contribution in [0.2, 0.25) is 0 Å². The molecule has 0 radical (unpaired) electrons. The zero-order valence-electron chi connectivity index (χ0n) is 15.8. The van der Waals surface area contributed by atoms with Gasteiger partial charge in [-0.3, -0.25) is 4.72 Å². The molecule has 0 unspecified atom stereocenters. The van der Waals surface area contributed by atoms with Crippen LogP contribution in [0.3, 0.4) is 0 Å². The van der Waals surface area contributed by atoms with Gasteiger partial charge in [-0.1, -0.05) is 32.9 Å². The molecule has 1 aliphatic rings. The van der Waals surface area contributed by atoms with Gasteiger partial charge in [0.05, 0.1) is 17.6 Å². The molecule has 1 aliphatic heterocycles. The molecule has 27 heavy (non-hydrogen) atoms. The van der Waals surface area contributed by atoms with Crippen molar-refractivity contribution in [1.29, 1.82) is 0 Å². The number of hydrogen-bond donors (Lipinski definition) is 2. The van der Waals surface area contributed by atoms with E-state index in [1.807, 2.05) is 0 Å². The number of nitrogens with zero attached hydrogens (tertiary/aromatic N) is 1. The van der Waals surface area contributed by atoms with Crippen LogP contribution in [0.1, 0.15) is 44.0 Å². The highest BCUT2D eigenvalue weighted by atomic mass is 32.2. The van der Waals surface area contributed by atoms with E-state index in [1.165, 1.54) is 25.3 Å². The number of aromatic carboxylic acids is 1. The van der Waals surface area contributed by atoms with Gasteiger partial charge in [-0.15, -0.1) is 0 Å². The molecule has 0 saturated heterocycles. The number of methoxy groups -OCH3 is 1. The number of nitrogens with one attached hydrogen (secondary N) is 1. The van der Waals surface area contributed by atoms with Crippen molar-refractivity contribution in [3.63, 3.8) is 0 Å². The lowest BCUT2D eigenvalue weighted by molar-refractivity contribution is 0.0696. The number of hydrogen-bond acceptors (Lipinski definition) is 5. The highest BCUT2D eigenvalue weighted by molar-refractivity contribution is 7.89. The van der Waals surface area contributed by atoms with E-state index in [4.69, 9.17) is 9.84 Å². The first-order valence-electron chi connectivity index (χ1n) is 8.42. The summed E-state index contributed by atoms with van der Waals surface area (Å²) in [6.07, 6.45) is 4.78. The maximum absolute atomic E-state index is 12.7. The zero-order chi connectivity index (χ0) is 20.2. The highest BCUT2D eigenvalue weighted by Crippen LogP contribution is 2.30. The first-order valence-corrected chi connectivity index (χ1v) is 9.91. The Hall–Kier alpha value is -2.61. The lowest BCUT2D eigenvalue weighted by Gasteiger charge is -2.23. The number of benzene rings is 1. The van der Waals surface area contributed by atoms with E-state index in [0.717, 1.165) is 18.1 Å². The molecular formula is C19H24N2O5S. The summed E-state index contributed by atoms with van der Waals surface area (Å²) in [7, 11) is -2.58. The standard InChI is InChI=1S/C19H24N2O5S/c1-19(2,3)14-8-6-10-16(17(26-4)20-12-14)21-27(24,25)15-9-5-7-13(11-15)18(22)23/h5,7,9-12,21H,6,8H2,1-4H3,(H,22,23)/b14-12+,16-10+,20-17+. The minimum atomic E-state index is -3.99. The number of sulfonamides is 1. The van der Waals surface area contributed by atoms with Crippen molar-refractivity contribution in [3.05, 3.63) is 53.4 Å². The fourth-order valence-electron chi connectivity index (χ4n) is 2.55.